The van der Waals surface area contributed by atoms with Crippen LogP contribution in [0.1, 0.15) is 40.0 Å². The Morgan fingerprint density at radius 3 is 2.56 bits per heavy atom. The van der Waals surface area contributed by atoms with E-state index in [2.05, 4.69) is 17.6 Å². The summed E-state index contributed by atoms with van der Waals surface area (Å²) in [6, 6.07) is 0.131. The minimum Gasteiger partial charge on any atom is -0.396 e. The van der Waals surface area contributed by atoms with Gasteiger partial charge in [0.15, 0.2) is 0 Å². The molecular weight excluding hydrogens is 204 g/mol. The van der Waals surface area contributed by atoms with Crippen LogP contribution in [-0.4, -0.2) is 30.3 Å². The minimum absolute atomic E-state index is 0.0749. The molecule has 0 saturated heterocycles. The molecule has 1 aliphatic carbocycles. The second kappa shape index (κ2) is 5.53. The van der Waals surface area contributed by atoms with Crippen molar-refractivity contribution >= 4 is 6.03 Å². The standard InChI is InChI=1S/C12H24N2O2/c1-9(10-5-4-6-10)14-11(16)13-7-12(2,3)8-15/h9-10,15H,4-8H2,1-3H3,(H2,13,14,16). The molecule has 0 bridgehead atoms. The van der Waals surface area contributed by atoms with Crippen LogP contribution < -0.4 is 10.6 Å². The van der Waals surface area contributed by atoms with Crippen LogP contribution in [-0.2, 0) is 0 Å². The van der Waals surface area contributed by atoms with Crippen molar-refractivity contribution in [1.29, 1.82) is 0 Å². The van der Waals surface area contributed by atoms with Crippen molar-refractivity contribution in [3.63, 3.8) is 0 Å². The van der Waals surface area contributed by atoms with E-state index in [0.717, 1.165) is 0 Å². The Balaban J connectivity index is 2.19. The molecule has 0 heterocycles. The first kappa shape index (κ1) is 13.3. The molecule has 0 aromatic rings. The fourth-order valence-electron chi connectivity index (χ4n) is 1.69. The van der Waals surface area contributed by atoms with Gasteiger partial charge in [-0.2, -0.15) is 0 Å². The molecule has 94 valence electrons. The predicted molar refractivity (Wildman–Crippen MR) is 64.2 cm³/mol. The molecule has 4 heteroatoms. The lowest BCUT2D eigenvalue weighted by Crippen LogP contribution is -2.48. The van der Waals surface area contributed by atoms with E-state index in [4.69, 9.17) is 5.11 Å². The molecular formula is C12H24N2O2. The van der Waals surface area contributed by atoms with Gasteiger partial charge in [0.2, 0.25) is 0 Å². The predicted octanol–water partition coefficient (Wildman–Crippen LogP) is 1.49. The molecule has 0 aromatic carbocycles. The fourth-order valence-corrected chi connectivity index (χ4v) is 1.69. The number of carbonyl (C=O) groups is 1. The van der Waals surface area contributed by atoms with E-state index < -0.39 is 0 Å². The molecule has 0 spiro atoms. The lowest BCUT2D eigenvalue weighted by Gasteiger charge is -2.32. The van der Waals surface area contributed by atoms with E-state index >= 15 is 0 Å². The van der Waals surface area contributed by atoms with Crippen LogP contribution in [0.3, 0.4) is 0 Å². The highest BCUT2D eigenvalue weighted by Crippen LogP contribution is 2.29. The maximum absolute atomic E-state index is 11.6. The van der Waals surface area contributed by atoms with Crippen LogP contribution in [0.4, 0.5) is 4.79 Å². The smallest absolute Gasteiger partial charge is 0.315 e. The molecule has 0 radical (unpaired) electrons. The summed E-state index contributed by atoms with van der Waals surface area (Å²) in [5, 5.41) is 14.8. The first-order valence-corrected chi connectivity index (χ1v) is 6.10. The number of aliphatic hydroxyl groups excluding tert-OH is 1. The molecule has 1 unspecified atom stereocenters. The third-order valence-electron chi connectivity index (χ3n) is 3.37. The number of aliphatic hydroxyl groups is 1. The number of urea groups is 1. The van der Waals surface area contributed by atoms with E-state index in [-0.39, 0.29) is 24.1 Å². The highest BCUT2D eigenvalue weighted by molar-refractivity contribution is 5.74. The van der Waals surface area contributed by atoms with Crippen molar-refractivity contribution in [2.45, 2.75) is 46.1 Å². The van der Waals surface area contributed by atoms with Crippen LogP contribution in [0.25, 0.3) is 0 Å². The van der Waals surface area contributed by atoms with Crippen molar-refractivity contribution in [3.05, 3.63) is 0 Å². The fraction of sp³-hybridized carbons (Fsp3) is 0.917. The summed E-state index contributed by atoms with van der Waals surface area (Å²) >= 11 is 0. The second-order valence-electron chi connectivity index (χ2n) is 5.63. The lowest BCUT2D eigenvalue weighted by molar-refractivity contribution is 0.155. The highest BCUT2D eigenvalue weighted by Gasteiger charge is 2.25. The maximum atomic E-state index is 11.6. The Morgan fingerprint density at radius 1 is 1.50 bits per heavy atom. The van der Waals surface area contributed by atoms with Crippen molar-refractivity contribution in [2.75, 3.05) is 13.2 Å². The van der Waals surface area contributed by atoms with Gasteiger partial charge in [-0.15, -0.1) is 0 Å². The summed E-state index contributed by atoms with van der Waals surface area (Å²) in [6.07, 6.45) is 3.74. The number of carbonyl (C=O) groups excluding carboxylic acids is 1. The molecule has 3 N–H and O–H groups in total. The van der Waals surface area contributed by atoms with E-state index in [0.29, 0.717) is 12.5 Å². The lowest BCUT2D eigenvalue weighted by atomic mass is 9.80. The summed E-state index contributed by atoms with van der Waals surface area (Å²) in [6.45, 7) is 6.46. The topological polar surface area (TPSA) is 61.4 Å². The summed E-state index contributed by atoms with van der Waals surface area (Å²) in [5.74, 6) is 0.650. The number of hydrogen-bond acceptors (Lipinski definition) is 2. The molecule has 0 aromatic heterocycles. The van der Waals surface area contributed by atoms with Crippen molar-refractivity contribution in [2.24, 2.45) is 11.3 Å². The van der Waals surface area contributed by atoms with Gasteiger partial charge in [0, 0.05) is 24.6 Å². The van der Waals surface area contributed by atoms with Crippen molar-refractivity contribution < 1.29 is 9.90 Å². The number of hydrogen-bond donors (Lipinski definition) is 3. The molecule has 2 amide bonds. The molecule has 16 heavy (non-hydrogen) atoms. The Kier molecular flexibility index (Phi) is 4.59. The Labute approximate surface area is 97.8 Å². The van der Waals surface area contributed by atoms with Gasteiger partial charge in [0.05, 0.1) is 0 Å². The monoisotopic (exact) mass is 228 g/mol. The normalized spacial score (nSPS) is 18.8. The first-order chi connectivity index (χ1) is 7.44. The van der Waals surface area contributed by atoms with Gasteiger partial charge >= 0.3 is 6.03 Å². The number of nitrogens with one attached hydrogen (secondary N) is 2. The average molecular weight is 228 g/mol. The summed E-state index contributed by atoms with van der Waals surface area (Å²) in [4.78, 5) is 11.6. The Bertz CT molecular complexity index is 237. The van der Waals surface area contributed by atoms with Crippen LogP contribution in [0.2, 0.25) is 0 Å². The highest BCUT2D eigenvalue weighted by atomic mass is 16.3. The van der Waals surface area contributed by atoms with Crippen LogP contribution in [0.15, 0.2) is 0 Å². The second-order valence-corrected chi connectivity index (χ2v) is 5.63. The summed E-state index contributed by atoms with van der Waals surface area (Å²) in [5.41, 5.74) is -0.253. The largest absolute Gasteiger partial charge is 0.396 e. The molecule has 1 saturated carbocycles. The van der Waals surface area contributed by atoms with Crippen molar-refractivity contribution in [3.8, 4) is 0 Å². The zero-order chi connectivity index (χ0) is 12.2. The van der Waals surface area contributed by atoms with Crippen LogP contribution in [0, 0.1) is 11.3 Å². The van der Waals surface area contributed by atoms with Gasteiger partial charge in [-0.05, 0) is 25.7 Å². The quantitative estimate of drug-likeness (QED) is 0.667. The Hall–Kier alpha value is -0.770. The minimum atomic E-state index is -0.253. The SMILES string of the molecule is CC(NC(=O)NCC(C)(C)CO)C1CCC1. The van der Waals surface area contributed by atoms with Gasteiger partial charge in [-0.25, -0.2) is 4.79 Å². The van der Waals surface area contributed by atoms with Gasteiger partial charge < -0.3 is 15.7 Å². The number of amides is 2. The first-order valence-electron chi connectivity index (χ1n) is 6.10. The average Bonchev–Trinajstić information content (AvgIpc) is 2.12. The van der Waals surface area contributed by atoms with Gasteiger partial charge in [-0.1, -0.05) is 20.3 Å². The molecule has 1 fully saturated rings. The third-order valence-corrected chi connectivity index (χ3v) is 3.37. The zero-order valence-electron chi connectivity index (χ0n) is 10.5. The summed E-state index contributed by atoms with van der Waals surface area (Å²) in [7, 11) is 0. The van der Waals surface area contributed by atoms with Gasteiger partial charge in [0.1, 0.15) is 0 Å². The van der Waals surface area contributed by atoms with E-state index in [9.17, 15) is 4.79 Å². The maximum Gasteiger partial charge on any atom is 0.315 e. The molecule has 1 atom stereocenters. The van der Waals surface area contributed by atoms with Crippen molar-refractivity contribution in [1.82, 2.24) is 10.6 Å². The molecule has 0 aliphatic heterocycles. The van der Waals surface area contributed by atoms with Gasteiger partial charge in [0.25, 0.3) is 0 Å². The van der Waals surface area contributed by atoms with Crippen LogP contribution >= 0.6 is 0 Å². The number of rotatable bonds is 5. The zero-order valence-corrected chi connectivity index (χ0v) is 10.5. The van der Waals surface area contributed by atoms with E-state index in [1.807, 2.05) is 13.8 Å². The van der Waals surface area contributed by atoms with E-state index in [1.54, 1.807) is 0 Å². The van der Waals surface area contributed by atoms with Crippen LogP contribution in [0.5, 0.6) is 0 Å². The third kappa shape index (κ3) is 4.00. The molecule has 1 aliphatic rings. The van der Waals surface area contributed by atoms with Gasteiger partial charge in [-0.3, -0.25) is 0 Å². The molecule has 4 nitrogen and oxygen atoms in total. The van der Waals surface area contributed by atoms with E-state index in [1.165, 1.54) is 19.3 Å². The molecule has 1 rings (SSSR count). The Morgan fingerprint density at radius 2 is 2.12 bits per heavy atom. The summed E-state index contributed by atoms with van der Waals surface area (Å²) < 4.78 is 0.